The molecule has 1 saturated heterocycles. The molecule has 2 aliphatic rings. The van der Waals surface area contributed by atoms with Crippen molar-refractivity contribution in [2.75, 3.05) is 13.2 Å². The van der Waals surface area contributed by atoms with Gasteiger partial charge < -0.3 is 9.47 Å². The van der Waals surface area contributed by atoms with Gasteiger partial charge in [-0.25, -0.2) is 4.79 Å². The zero-order valence-electron chi connectivity index (χ0n) is 12.5. The Bertz CT molecular complexity index is 548. The smallest absolute Gasteiger partial charge is 0.410 e. The second-order valence-corrected chi connectivity index (χ2v) is 7.43. The van der Waals surface area contributed by atoms with Crippen molar-refractivity contribution in [1.29, 1.82) is 0 Å². The molecule has 1 atom stereocenters. The monoisotopic (exact) mass is 357 g/mol. The zero-order chi connectivity index (χ0) is 15.2. The third kappa shape index (κ3) is 3.08. The second kappa shape index (κ2) is 5.28. The molecule has 2 aliphatic heterocycles. The number of nitrogens with zero attached hydrogens (tertiary/aromatic N) is 3. The molecule has 21 heavy (non-hydrogen) atoms. The molecule has 7 heteroatoms. The van der Waals surface area contributed by atoms with Crippen LogP contribution in [0.2, 0.25) is 0 Å². The second-order valence-electron chi connectivity index (χ2n) is 6.61. The Hall–Kier alpha value is -1.08. The van der Waals surface area contributed by atoms with E-state index in [1.165, 1.54) is 0 Å². The van der Waals surface area contributed by atoms with Crippen LogP contribution >= 0.6 is 15.9 Å². The SMILES string of the molecule is CC(C)(C)OC(=O)N1Cc2cc(Br)nn2CC1C1COC1. The summed E-state index contributed by atoms with van der Waals surface area (Å²) in [6, 6.07) is 2.03. The average Bonchev–Trinajstić information content (AvgIpc) is 2.62. The zero-order valence-corrected chi connectivity index (χ0v) is 14.1. The van der Waals surface area contributed by atoms with Gasteiger partial charge in [0.1, 0.15) is 10.2 Å². The van der Waals surface area contributed by atoms with Crippen molar-refractivity contribution in [3.63, 3.8) is 0 Å². The van der Waals surface area contributed by atoms with Gasteiger partial charge in [0.2, 0.25) is 0 Å². The lowest BCUT2D eigenvalue weighted by Gasteiger charge is -2.43. The molecule has 3 rings (SSSR count). The quantitative estimate of drug-likeness (QED) is 0.774. The van der Waals surface area contributed by atoms with E-state index in [-0.39, 0.29) is 12.1 Å². The van der Waals surface area contributed by atoms with Gasteiger partial charge in [-0.15, -0.1) is 0 Å². The highest BCUT2D eigenvalue weighted by Gasteiger charge is 2.40. The minimum atomic E-state index is -0.490. The van der Waals surface area contributed by atoms with Crippen molar-refractivity contribution in [1.82, 2.24) is 14.7 Å². The number of hydrogen-bond acceptors (Lipinski definition) is 4. The summed E-state index contributed by atoms with van der Waals surface area (Å²) in [6.07, 6.45) is -0.261. The Morgan fingerprint density at radius 1 is 1.48 bits per heavy atom. The highest BCUT2D eigenvalue weighted by Crippen LogP contribution is 2.29. The molecule has 1 fully saturated rings. The number of ether oxygens (including phenoxy) is 2. The number of amides is 1. The molecule has 0 aromatic carbocycles. The van der Waals surface area contributed by atoms with Gasteiger partial charge >= 0.3 is 6.09 Å². The normalized spacial score (nSPS) is 22.7. The summed E-state index contributed by atoms with van der Waals surface area (Å²) >= 11 is 3.39. The topological polar surface area (TPSA) is 56.6 Å². The van der Waals surface area contributed by atoms with E-state index in [4.69, 9.17) is 9.47 Å². The van der Waals surface area contributed by atoms with Crippen molar-refractivity contribution in [2.24, 2.45) is 5.92 Å². The molecule has 0 saturated carbocycles. The predicted octanol–water partition coefficient (Wildman–Crippen LogP) is 2.41. The minimum Gasteiger partial charge on any atom is -0.444 e. The van der Waals surface area contributed by atoms with E-state index in [2.05, 4.69) is 21.0 Å². The number of carbonyl (C=O) groups excluding carboxylic acids is 1. The maximum atomic E-state index is 12.5. The van der Waals surface area contributed by atoms with Crippen LogP contribution in [-0.2, 0) is 22.6 Å². The molecule has 0 bridgehead atoms. The first kappa shape index (κ1) is 14.8. The minimum absolute atomic E-state index is 0.0768. The third-order valence-electron chi connectivity index (χ3n) is 3.76. The summed E-state index contributed by atoms with van der Waals surface area (Å²) in [7, 11) is 0. The molecule has 1 unspecified atom stereocenters. The molecule has 1 aromatic heterocycles. The van der Waals surface area contributed by atoms with E-state index < -0.39 is 5.60 Å². The third-order valence-corrected chi connectivity index (χ3v) is 4.15. The fraction of sp³-hybridized carbons (Fsp3) is 0.714. The molecule has 3 heterocycles. The molecule has 0 radical (unpaired) electrons. The summed E-state index contributed by atoms with van der Waals surface area (Å²) in [6.45, 7) is 8.26. The van der Waals surface area contributed by atoms with Gasteiger partial charge in [-0.2, -0.15) is 5.10 Å². The summed E-state index contributed by atoms with van der Waals surface area (Å²) in [5.41, 5.74) is 0.528. The Balaban J connectivity index is 1.83. The van der Waals surface area contributed by atoms with Gasteiger partial charge in [-0.05, 0) is 42.8 Å². The molecule has 6 nitrogen and oxygen atoms in total. The van der Waals surface area contributed by atoms with E-state index >= 15 is 0 Å². The molecule has 116 valence electrons. The molecule has 0 spiro atoms. The van der Waals surface area contributed by atoms with Crippen LogP contribution in [0.1, 0.15) is 26.5 Å². The molecular weight excluding hydrogens is 338 g/mol. The van der Waals surface area contributed by atoms with Crippen LogP contribution in [0.4, 0.5) is 4.79 Å². The highest BCUT2D eigenvalue weighted by atomic mass is 79.9. The molecule has 0 N–H and O–H groups in total. The summed E-state index contributed by atoms with van der Waals surface area (Å²) in [4.78, 5) is 14.3. The lowest BCUT2D eigenvalue weighted by molar-refractivity contribution is -0.0872. The average molecular weight is 358 g/mol. The van der Waals surface area contributed by atoms with Crippen molar-refractivity contribution >= 4 is 22.0 Å². The van der Waals surface area contributed by atoms with Crippen LogP contribution < -0.4 is 0 Å². The van der Waals surface area contributed by atoms with Crippen LogP contribution in [0.25, 0.3) is 0 Å². The molecular formula is C14H20BrN3O3. The Morgan fingerprint density at radius 3 is 2.76 bits per heavy atom. The van der Waals surface area contributed by atoms with Crippen molar-refractivity contribution in [3.05, 3.63) is 16.4 Å². The van der Waals surface area contributed by atoms with Crippen molar-refractivity contribution in [2.45, 2.75) is 45.5 Å². The summed E-state index contributed by atoms with van der Waals surface area (Å²) in [5, 5.41) is 4.42. The number of halogens is 1. The molecule has 1 amide bonds. The van der Waals surface area contributed by atoms with E-state index in [9.17, 15) is 4.79 Å². The summed E-state index contributed by atoms with van der Waals surface area (Å²) < 4.78 is 13.6. The lowest BCUT2D eigenvalue weighted by Crippen LogP contribution is -2.55. The van der Waals surface area contributed by atoms with E-state index in [1.807, 2.05) is 36.4 Å². The maximum absolute atomic E-state index is 12.5. The number of rotatable bonds is 1. The number of aromatic nitrogens is 2. The van der Waals surface area contributed by atoms with Crippen molar-refractivity contribution < 1.29 is 14.3 Å². The van der Waals surface area contributed by atoms with Crippen LogP contribution in [0.15, 0.2) is 10.7 Å². The first-order chi connectivity index (χ1) is 9.83. The first-order valence-corrected chi connectivity index (χ1v) is 7.92. The van der Waals surface area contributed by atoms with Crippen LogP contribution in [-0.4, -0.2) is 45.6 Å². The Kier molecular flexibility index (Phi) is 3.73. The predicted molar refractivity (Wildman–Crippen MR) is 79.8 cm³/mol. The Morgan fingerprint density at radius 2 is 2.19 bits per heavy atom. The van der Waals surface area contributed by atoms with E-state index in [0.29, 0.717) is 32.2 Å². The molecule has 0 aliphatic carbocycles. The largest absolute Gasteiger partial charge is 0.444 e. The van der Waals surface area contributed by atoms with Gasteiger partial charge in [0.15, 0.2) is 0 Å². The van der Waals surface area contributed by atoms with Crippen molar-refractivity contribution in [3.8, 4) is 0 Å². The van der Waals surface area contributed by atoms with Gasteiger partial charge in [0.25, 0.3) is 0 Å². The van der Waals surface area contributed by atoms with E-state index in [0.717, 1.165) is 10.3 Å². The number of carbonyl (C=O) groups is 1. The first-order valence-electron chi connectivity index (χ1n) is 7.13. The van der Waals surface area contributed by atoms with Gasteiger partial charge in [-0.1, -0.05) is 0 Å². The van der Waals surface area contributed by atoms with Gasteiger partial charge in [0, 0.05) is 5.92 Å². The van der Waals surface area contributed by atoms with Crippen LogP contribution in [0.5, 0.6) is 0 Å². The van der Waals surface area contributed by atoms with Crippen LogP contribution in [0.3, 0.4) is 0 Å². The van der Waals surface area contributed by atoms with E-state index in [1.54, 1.807) is 0 Å². The fourth-order valence-electron chi connectivity index (χ4n) is 2.67. The van der Waals surface area contributed by atoms with Crippen LogP contribution in [0, 0.1) is 5.92 Å². The van der Waals surface area contributed by atoms with Gasteiger partial charge in [-0.3, -0.25) is 9.58 Å². The molecule has 1 aromatic rings. The number of hydrogen-bond donors (Lipinski definition) is 0. The Labute approximate surface area is 132 Å². The van der Waals surface area contributed by atoms with Gasteiger partial charge in [0.05, 0.1) is 38.0 Å². The maximum Gasteiger partial charge on any atom is 0.410 e. The fourth-order valence-corrected chi connectivity index (χ4v) is 3.13. The number of fused-ring (bicyclic) bond motifs is 1. The summed E-state index contributed by atoms with van der Waals surface area (Å²) in [5.74, 6) is 0.355. The standard InChI is InChI=1S/C14H20BrN3O3/c1-14(2,3)21-13(19)17-5-10-4-12(15)16-18(10)6-11(17)9-7-20-8-9/h4,9,11H,5-8H2,1-3H3. The highest BCUT2D eigenvalue weighted by molar-refractivity contribution is 9.10. The lowest BCUT2D eigenvalue weighted by atomic mass is 9.95.